The average Bonchev–Trinajstić information content (AvgIpc) is 2.59. The van der Waals surface area contributed by atoms with Crippen LogP contribution in [0, 0.1) is 0 Å². The molecule has 2 aromatic rings. The van der Waals surface area contributed by atoms with Crippen molar-refractivity contribution in [3.8, 4) is 0 Å². The van der Waals surface area contributed by atoms with Gasteiger partial charge in [-0.2, -0.15) is 5.10 Å². The van der Waals surface area contributed by atoms with Gasteiger partial charge in [0.05, 0.1) is 0 Å². The number of hydrogen-bond donors (Lipinski definition) is 0. The third-order valence-electron chi connectivity index (χ3n) is 2.00. The van der Waals surface area contributed by atoms with Crippen molar-refractivity contribution in [2.24, 2.45) is 0 Å². The van der Waals surface area contributed by atoms with Crippen molar-refractivity contribution in [2.45, 2.75) is 18.4 Å². The molecule has 5 nitrogen and oxygen atoms in total. The smallest absolute Gasteiger partial charge is 0.237 e. The fraction of sp³-hybridized carbons (Fsp3) is 0.250. The Labute approximate surface area is 91.1 Å². The van der Waals surface area contributed by atoms with E-state index < -0.39 is 9.05 Å². The molecule has 0 aliphatic rings. The Balaban J connectivity index is 2.66. The summed E-state index contributed by atoms with van der Waals surface area (Å²) in [6.07, 6.45) is 4.22. The van der Waals surface area contributed by atoms with Gasteiger partial charge in [0.25, 0.3) is 9.05 Å². The second-order valence-corrected chi connectivity index (χ2v) is 5.55. The van der Waals surface area contributed by atoms with E-state index >= 15 is 0 Å². The van der Waals surface area contributed by atoms with Gasteiger partial charge in [-0.3, -0.25) is 0 Å². The van der Waals surface area contributed by atoms with Gasteiger partial charge in [0.2, 0.25) is 0 Å². The van der Waals surface area contributed by atoms with Crippen molar-refractivity contribution in [3.05, 3.63) is 24.0 Å². The predicted molar refractivity (Wildman–Crippen MR) is 55.4 cm³/mol. The van der Waals surface area contributed by atoms with Gasteiger partial charge in [0, 0.05) is 29.1 Å². The average molecular weight is 246 g/mol. The molecule has 2 aromatic heterocycles. The summed E-state index contributed by atoms with van der Waals surface area (Å²) < 4.78 is 23.4. The summed E-state index contributed by atoms with van der Waals surface area (Å²) in [7, 11) is 1.39. The molecule has 0 aliphatic heterocycles. The van der Waals surface area contributed by atoms with Crippen molar-refractivity contribution in [1.29, 1.82) is 0 Å². The summed E-state index contributed by atoms with van der Waals surface area (Å²) in [5, 5.41) is 3.65. The zero-order valence-electron chi connectivity index (χ0n) is 7.88. The molecule has 7 heteroatoms. The molecule has 0 unspecified atom stereocenters. The number of nitrogens with zero attached hydrogens (tertiary/aromatic N) is 3. The van der Waals surface area contributed by atoms with Crippen LogP contribution in [0.1, 0.15) is 12.5 Å². The lowest BCUT2D eigenvalue weighted by atomic mass is 10.3. The van der Waals surface area contributed by atoms with Crippen LogP contribution in [0.4, 0.5) is 0 Å². The van der Waals surface area contributed by atoms with E-state index in [0.29, 0.717) is 5.65 Å². The number of rotatable bonds is 2. The minimum absolute atomic E-state index is 0.176. The van der Waals surface area contributed by atoms with Crippen LogP contribution < -0.4 is 0 Å². The van der Waals surface area contributed by atoms with Crippen LogP contribution in [-0.4, -0.2) is 23.0 Å². The topological polar surface area (TPSA) is 64.3 Å². The Morgan fingerprint density at radius 2 is 2.27 bits per heavy atom. The van der Waals surface area contributed by atoms with E-state index in [4.69, 9.17) is 10.7 Å². The van der Waals surface area contributed by atoms with Crippen LogP contribution in [0.2, 0.25) is 0 Å². The molecular weight excluding hydrogens is 238 g/mol. The minimum Gasteiger partial charge on any atom is -0.237 e. The number of hydrogen-bond acceptors (Lipinski definition) is 4. The highest BCUT2D eigenvalue weighted by atomic mass is 35.7. The summed E-state index contributed by atoms with van der Waals surface area (Å²) in [5.41, 5.74) is 1.44. The SMILES string of the molecule is CCc1cnc2cc(S(=O)(=O)Cl)nn2c1. The van der Waals surface area contributed by atoms with Crippen LogP contribution in [0.15, 0.2) is 23.5 Å². The minimum atomic E-state index is -3.78. The lowest BCUT2D eigenvalue weighted by Crippen LogP contribution is -1.95. The molecule has 0 spiro atoms. The van der Waals surface area contributed by atoms with Crippen molar-refractivity contribution in [3.63, 3.8) is 0 Å². The normalized spacial score (nSPS) is 12.1. The Morgan fingerprint density at radius 3 is 2.87 bits per heavy atom. The van der Waals surface area contributed by atoms with Gasteiger partial charge in [-0.15, -0.1) is 0 Å². The molecule has 0 radical (unpaired) electrons. The van der Waals surface area contributed by atoms with Crippen LogP contribution in [-0.2, 0) is 15.5 Å². The molecule has 0 aliphatic carbocycles. The van der Waals surface area contributed by atoms with Crippen molar-refractivity contribution in [1.82, 2.24) is 14.6 Å². The van der Waals surface area contributed by atoms with Gasteiger partial charge >= 0.3 is 0 Å². The summed E-state index contributed by atoms with van der Waals surface area (Å²) >= 11 is 0. The third-order valence-corrected chi connectivity index (χ3v) is 3.18. The molecule has 0 amide bonds. The van der Waals surface area contributed by atoms with Gasteiger partial charge in [-0.1, -0.05) is 6.92 Å². The molecule has 15 heavy (non-hydrogen) atoms. The monoisotopic (exact) mass is 245 g/mol. The maximum atomic E-state index is 11.0. The van der Waals surface area contributed by atoms with Gasteiger partial charge in [0.1, 0.15) is 0 Å². The van der Waals surface area contributed by atoms with Crippen LogP contribution >= 0.6 is 10.7 Å². The van der Waals surface area contributed by atoms with E-state index in [1.54, 1.807) is 12.4 Å². The summed E-state index contributed by atoms with van der Waals surface area (Å²) in [5.74, 6) is 0. The quantitative estimate of drug-likeness (QED) is 0.747. The molecule has 0 saturated carbocycles. The fourth-order valence-corrected chi connectivity index (χ4v) is 1.85. The van der Waals surface area contributed by atoms with Crippen LogP contribution in [0.5, 0.6) is 0 Å². The van der Waals surface area contributed by atoms with Gasteiger partial charge in [-0.25, -0.2) is 17.9 Å². The van der Waals surface area contributed by atoms with E-state index in [9.17, 15) is 8.42 Å². The molecule has 0 fully saturated rings. The van der Waals surface area contributed by atoms with Crippen molar-refractivity contribution >= 4 is 25.4 Å². The summed E-state index contributed by atoms with van der Waals surface area (Å²) in [6.45, 7) is 1.98. The molecule has 0 atom stereocenters. The molecule has 0 bridgehead atoms. The molecule has 0 saturated heterocycles. The predicted octanol–water partition coefficient (Wildman–Crippen LogP) is 1.22. The molecule has 0 N–H and O–H groups in total. The summed E-state index contributed by atoms with van der Waals surface area (Å²) in [4.78, 5) is 4.06. The molecule has 80 valence electrons. The number of fused-ring (bicyclic) bond motifs is 1. The maximum absolute atomic E-state index is 11.0. The Hall–Kier alpha value is -1.14. The lowest BCUT2D eigenvalue weighted by Gasteiger charge is -1.95. The summed E-state index contributed by atoms with van der Waals surface area (Å²) in [6, 6.07) is 1.34. The van der Waals surface area contributed by atoms with Crippen LogP contribution in [0.3, 0.4) is 0 Å². The zero-order chi connectivity index (χ0) is 11.1. The van der Waals surface area contributed by atoms with Gasteiger partial charge in [-0.05, 0) is 12.0 Å². The second-order valence-electron chi connectivity index (χ2n) is 3.04. The Bertz CT molecular complexity index is 605. The highest BCUT2D eigenvalue weighted by Gasteiger charge is 2.15. The Morgan fingerprint density at radius 1 is 1.53 bits per heavy atom. The highest BCUT2D eigenvalue weighted by molar-refractivity contribution is 8.13. The van der Waals surface area contributed by atoms with E-state index in [-0.39, 0.29) is 5.03 Å². The molecule has 2 rings (SSSR count). The van der Waals surface area contributed by atoms with Gasteiger partial charge < -0.3 is 0 Å². The first kappa shape index (κ1) is 10.4. The van der Waals surface area contributed by atoms with E-state index in [1.165, 1.54) is 10.6 Å². The second kappa shape index (κ2) is 3.46. The first-order valence-corrected chi connectivity index (χ1v) is 6.60. The highest BCUT2D eigenvalue weighted by Crippen LogP contribution is 2.14. The largest absolute Gasteiger partial charge is 0.280 e. The van der Waals surface area contributed by atoms with E-state index in [1.807, 2.05) is 6.92 Å². The Kier molecular flexibility index (Phi) is 2.40. The lowest BCUT2D eigenvalue weighted by molar-refractivity contribution is 0.604. The number of aryl methyl sites for hydroxylation is 1. The first-order valence-electron chi connectivity index (χ1n) is 4.29. The molecular formula is C8H8ClN3O2S. The standard InChI is InChI=1S/C8H8ClN3O2S/c1-2-6-4-10-7-3-8(15(9,13)14)11-12(7)5-6/h3-5H,2H2,1H3. The first-order chi connectivity index (χ1) is 7.00. The van der Waals surface area contributed by atoms with E-state index in [0.717, 1.165) is 12.0 Å². The molecule has 0 aromatic carbocycles. The molecule has 2 heterocycles. The van der Waals surface area contributed by atoms with Crippen molar-refractivity contribution < 1.29 is 8.42 Å². The van der Waals surface area contributed by atoms with Crippen molar-refractivity contribution in [2.75, 3.05) is 0 Å². The third kappa shape index (κ3) is 1.95. The fourth-order valence-electron chi connectivity index (χ4n) is 1.20. The van der Waals surface area contributed by atoms with Gasteiger partial charge in [0.15, 0.2) is 10.7 Å². The number of halogens is 1. The number of aromatic nitrogens is 3. The van der Waals surface area contributed by atoms with E-state index in [2.05, 4.69) is 10.1 Å². The van der Waals surface area contributed by atoms with Crippen LogP contribution in [0.25, 0.3) is 5.65 Å². The zero-order valence-corrected chi connectivity index (χ0v) is 9.46. The maximum Gasteiger partial charge on any atom is 0.280 e.